The third-order valence-electron chi connectivity index (χ3n) is 5.12. The average Bonchev–Trinajstić information content (AvgIpc) is 3.10. The summed E-state index contributed by atoms with van der Waals surface area (Å²) in [5, 5.41) is 0.664. The molecule has 1 aliphatic rings. The van der Waals surface area contributed by atoms with E-state index in [9.17, 15) is 4.79 Å². The molecule has 0 saturated carbocycles. The van der Waals surface area contributed by atoms with Crippen LogP contribution < -0.4 is 9.47 Å². The predicted molar refractivity (Wildman–Crippen MR) is 135 cm³/mol. The number of amidine groups is 1. The summed E-state index contributed by atoms with van der Waals surface area (Å²) >= 11 is 1.38. The van der Waals surface area contributed by atoms with Crippen LogP contribution in [0.3, 0.4) is 0 Å². The van der Waals surface area contributed by atoms with Crippen molar-refractivity contribution in [3.63, 3.8) is 0 Å². The lowest BCUT2D eigenvalue weighted by Crippen LogP contribution is -2.28. The summed E-state index contributed by atoms with van der Waals surface area (Å²) in [6.45, 7) is 4.96. The van der Waals surface area contributed by atoms with Crippen molar-refractivity contribution in [2.45, 2.75) is 20.4 Å². The lowest BCUT2D eigenvalue weighted by Gasteiger charge is -2.15. The predicted octanol–water partition coefficient (Wildman–Crippen LogP) is 6.21. The average molecular weight is 459 g/mol. The summed E-state index contributed by atoms with van der Waals surface area (Å²) in [6, 6.07) is 23.6. The number of rotatable bonds is 7. The van der Waals surface area contributed by atoms with Gasteiger partial charge in [0.1, 0.15) is 0 Å². The van der Waals surface area contributed by atoms with Crippen LogP contribution in [-0.2, 0) is 11.3 Å². The molecule has 1 amide bonds. The fourth-order valence-corrected chi connectivity index (χ4v) is 4.43. The summed E-state index contributed by atoms with van der Waals surface area (Å²) < 4.78 is 11.1. The number of carbonyl (C=O) groups excluding carboxylic acids is 1. The number of nitrogens with zero attached hydrogens (tertiary/aromatic N) is 2. The van der Waals surface area contributed by atoms with E-state index in [1.54, 1.807) is 12.0 Å². The standard InChI is InChI=1S/C27H26N2O3S/c1-4-32-24-16-21(12-15-23(24)31-3)17-25-26(30)29(18-20-8-6-5-7-9-20)27(33-25)28-22-13-10-19(2)11-14-22/h5-17H,4,18H2,1-3H3/b25-17+,28-27?. The first kappa shape index (κ1) is 22.7. The Morgan fingerprint density at radius 2 is 1.76 bits per heavy atom. The van der Waals surface area contributed by atoms with E-state index in [1.807, 2.05) is 92.7 Å². The highest BCUT2D eigenvalue weighted by atomic mass is 32.2. The van der Waals surface area contributed by atoms with Crippen molar-refractivity contribution in [2.75, 3.05) is 13.7 Å². The zero-order chi connectivity index (χ0) is 23.2. The molecule has 4 rings (SSSR count). The number of hydrogen-bond acceptors (Lipinski definition) is 5. The van der Waals surface area contributed by atoms with Gasteiger partial charge in [-0.1, -0.05) is 54.1 Å². The van der Waals surface area contributed by atoms with E-state index in [2.05, 4.69) is 0 Å². The number of ether oxygens (including phenoxy) is 2. The molecule has 168 valence electrons. The largest absolute Gasteiger partial charge is 0.493 e. The highest BCUT2D eigenvalue weighted by molar-refractivity contribution is 8.18. The van der Waals surface area contributed by atoms with Crippen LogP contribution in [0.5, 0.6) is 11.5 Å². The Morgan fingerprint density at radius 3 is 2.45 bits per heavy atom. The molecule has 0 spiro atoms. The third kappa shape index (κ3) is 5.46. The number of aryl methyl sites for hydroxylation is 1. The van der Waals surface area contributed by atoms with Crippen molar-refractivity contribution in [1.82, 2.24) is 4.90 Å². The van der Waals surface area contributed by atoms with Crippen LogP contribution in [0.1, 0.15) is 23.6 Å². The highest BCUT2D eigenvalue weighted by Gasteiger charge is 2.33. The molecule has 0 aromatic heterocycles. The van der Waals surface area contributed by atoms with Gasteiger partial charge < -0.3 is 9.47 Å². The smallest absolute Gasteiger partial charge is 0.267 e. The van der Waals surface area contributed by atoms with Crippen LogP contribution in [0, 0.1) is 6.92 Å². The van der Waals surface area contributed by atoms with Gasteiger partial charge >= 0.3 is 0 Å². The Bertz CT molecular complexity index is 1190. The molecular weight excluding hydrogens is 432 g/mol. The van der Waals surface area contributed by atoms with Gasteiger partial charge in [0, 0.05) is 0 Å². The van der Waals surface area contributed by atoms with Crippen LogP contribution in [0.4, 0.5) is 5.69 Å². The zero-order valence-corrected chi connectivity index (χ0v) is 19.8. The lowest BCUT2D eigenvalue weighted by atomic mass is 10.1. The second-order valence-corrected chi connectivity index (χ2v) is 8.57. The zero-order valence-electron chi connectivity index (χ0n) is 18.9. The Morgan fingerprint density at radius 1 is 1.00 bits per heavy atom. The Kier molecular flexibility index (Phi) is 7.15. The topological polar surface area (TPSA) is 51.1 Å². The minimum atomic E-state index is -0.0662. The molecule has 5 nitrogen and oxygen atoms in total. The Labute approximate surface area is 198 Å². The molecule has 6 heteroatoms. The van der Waals surface area contributed by atoms with Gasteiger partial charge in [0.15, 0.2) is 16.7 Å². The first-order valence-corrected chi connectivity index (χ1v) is 11.6. The minimum Gasteiger partial charge on any atom is -0.493 e. The van der Waals surface area contributed by atoms with Gasteiger partial charge in [0.05, 0.1) is 30.9 Å². The van der Waals surface area contributed by atoms with E-state index in [4.69, 9.17) is 14.5 Å². The normalized spacial score (nSPS) is 16.0. The van der Waals surface area contributed by atoms with Gasteiger partial charge in [-0.3, -0.25) is 9.69 Å². The number of carbonyl (C=O) groups is 1. The van der Waals surface area contributed by atoms with E-state index < -0.39 is 0 Å². The molecule has 1 aliphatic heterocycles. The molecule has 0 bridgehead atoms. The quantitative estimate of drug-likeness (QED) is 0.395. The summed E-state index contributed by atoms with van der Waals surface area (Å²) in [7, 11) is 1.61. The molecule has 3 aromatic carbocycles. The van der Waals surface area contributed by atoms with Crippen LogP contribution in [-0.4, -0.2) is 29.7 Å². The number of thioether (sulfide) groups is 1. The van der Waals surface area contributed by atoms with E-state index in [0.29, 0.717) is 34.7 Å². The number of aliphatic imine (C=N–C) groups is 1. The molecule has 0 N–H and O–H groups in total. The molecule has 0 unspecified atom stereocenters. The van der Waals surface area contributed by atoms with E-state index in [1.165, 1.54) is 17.3 Å². The van der Waals surface area contributed by atoms with Gasteiger partial charge in [0.2, 0.25) is 0 Å². The van der Waals surface area contributed by atoms with Gasteiger partial charge in [-0.05, 0) is 67.1 Å². The van der Waals surface area contributed by atoms with E-state index in [0.717, 1.165) is 16.8 Å². The lowest BCUT2D eigenvalue weighted by molar-refractivity contribution is -0.122. The first-order valence-electron chi connectivity index (χ1n) is 10.8. The summed E-state index contributed by atoms with van der Waals surface area (Å²) in [5.41, 5.74) is 3.90. The van der Waals surface area contributed by atoms with Crippen LogP contribution in [0.15, 0.2) is 82.7 Å². The molecule has 33 heavy (non-hydrogen) atoms. The molecule has 3 aromatic rings. The second kappa shape index (κ2) is 10.4. The van der Waals surface area contributed by atoms with Crippen molar-refractivity contribution in [3.05, 3.63) is 94.4 Å². The first-order chi connectivity index (χ1) is 16.1. The monoisotopic (exact) mass is 458 g/mol. The van der Waals surface area contributed by atoms with Crippen molar-refractivity contribution < 1.29 is 14.3 Å². The number of hydrogen-bond donors (Lipinski definition) is 0. The Hall–Kier alpha value is -3.51. The molecule has 0 radical (unpaired) electrons. The van der Waals surface area contributed by atoms with E-state index >= 15 is 0 Å². The van der Waals surface area contributed by atoms with Gasteiger partial charge in [-0.2, -0.15) is 0 Å². The van der Waals surface area contributed by atoms with Crippen LogP contribution in [0.25, 0.3) is 6.08 Å². The molecule has 0 aliphatic carbocycles. The number of benzene rings is 3. The summed E-state index contributed by atoms with van der Waals surface area (Å²) in [6.07, 6.45) is 1.88. The highest BCUT2D eigenvalue weighted by Crippen LogP contribution is 2.36. The van der Waals surface area contributed by atoms with Crippen molar-refractivity contribution in [3.8, 4) is 11.5 Å². The Balaban J connectivity index is 1.69. The number of methoxy groups -OCH3 is 1. The number of amides is 1. The minimum absolute atomic E-state index is 0.0662. The fourth-order valence-electron chi connectivity index (χ4n) is 3.43. The maximum Gasteiger partial charge on any atom is 0.267 e. The van der Waals surface area contributed by atoms with Crippen LogP contribution >= 0.6 is 11.8 Å². The van der Waals surface area contributed by atoms with E-state index in [-0.39, 0.29) is 5.91 Å². The fraction of sp³-hybridized carbons (Fsp3) is 0.185. The second-order valence-electron chi connectivity index (χ2n) is 7.56. The van der Waals surface area contributed by atoms with Crippen molar-refractivity contribution in [2.24, 2.45) is 4.99 Å². The molecular formula is C27H26N2O3S. The van der Waals surface area contributed by atoms with Gasteiger partial charge in [0.25, 0.3) is 5.91 Å². The van der Waals surface area contributed by atoms with Gasteiger partial charge in [-0.15, -0.1) is 0 Å². The van der Waals surface area contributed by atoms with Crippen LogP contribution in [0.2, 0.25) is 0 Å². The SMILES string of the molecule is CCOc1cc(/C=C2/SC(=Nc3ccc(C)cc3)N(Cc3ccccc3)C2=O)ccc1OC. The molecule has 0 atom stereocenters. The molecule has 1 saturated heterocycles. The molecule has 1 fully saturated rings. The third-order valence-corrected chi connectivity index (χ3v) is 6.12. The van der Waals surface area contributed by atoms with Crippen molar-refractivity contribution in [1.29, 1.82) is 0 Å². The summed E-state index contributed by atoms with van der Waals surface area (Å²) in [5.74, 6) is 1.25. The van der Waals surface area contributed by atoms with Crippen molar-refractivity contribution >= 4 is 34.6 Å². The molecule has 1 heterocycles. The maximum atomic E-state index is 13.4. The maximum absolute atomic E-state index is 13.4. The van der Waals surface area contributed by atoms with Gasteiger partial charge in [-0.25, -0.2) is 4.99 Å². The summed E-state index contributed by atoms with van der Waals surface area (Å²) in [4.78, 5) is 20.5.